The number of nitrogens with zero attached hydrogens (tertiary/aromatic N) is 3. The van der Waals surface area contributed by atoms with E-state index in [0.29, 0.717) is 0 Å². The Hall–Kier alpha value is -3.29. The molecule has 5 rings (SSSR count). The fourth-order valence-electron chi connectivity index (χ4n) is 4.12. The lowest BCUT2D eigenvalue weighted by atomic mass is 9.90. The summed E-state index contributed by atoms with van der Waals surface area (Å²) in [5.74, 6) is -0.249. The smallest absolute Gasteiger partial charge is 0.319 e. The third-order valence-corrected chi connectivity index (χ3v) is 7.50. The fourth-order valence-corrected chi connectivity index (χ4v) is 5.21. The molecule has 162 valence electrons. The van der Waals surface area contributed by atoms with E-state index in [0.717, 1.165) is 31.6 Å². The lowest BCUT2D eigenvalue weighted by molar-refractivity contribution is -0.132. The number of hydrogen-bond acceptors (Lipinski definition) is 5. The monoisotopic (exact) mass is 444 g/mol. The van der Waals surface area contributed by atoms with Crippen molar-refractivity contribution in [2.24, 2.45) is 0 Å². The maximum absolute atomic E-state index is 13.4. The highest BCUT2D eigenvalue weighted by atomic mass is 32.1. The van der Waals surface area contributed by atoms with Gasteiger partial charge in [0, 0.05) is 0 Å². The quantitative estimate of drug-likeness (QED) is 0.446. The predicted octanol–water partition coefficient (Wildman–Crippen LogP) is 4.87. The van der Waals surface area contributed by atoms with Gasteiger partial charge in [-0.3, -0.25) is 9.69 Å². The molecule has 7 heteroatoms. The molecule has 0 saturated carbocycles. The third-order valence-electron chi connectivity index (χ3n) is 6.30. The number of aromatic nitrogens is 1. The molecule has 32 heavy (non-hydrogen) atoms. The number of amides is 3. The van der Waals surface area contributed by atoms with E-state index < -0.39 is 5.54 Å². The second-order valence-electron chi connectivity index (χ2n) is 8.44. The second kappa shape index (κ2) is 7.69. The van der Waals surface area contributed by atoms with Gasteiger partial charge in [-0.1, -0.05) is 48.5 Å². The van der Waals surface area contributed by atoms with Crippen molar-refractivity contribution in [1.29, 1.82) is 0 Å². The second-order valence-corrected chi connectivity index (χ2v) is 9.51. The first-order valence-electron chi connectivity index (χ1n) is 10.6. The molecule has 0 spiro atoms. The van der Waals surface area contributed by atoms with Crippen molar-refractivity contribution >= 4 is 44.3 Å². The summed E-state index contributed by atoms with van der Waals surface area (Å²) in [5.41, 5.74) is 0.645. The molecule has 1 N–H and O–H groups in total. The molecular weight excluding hydrogens is 420 g/mol. The number of carbonyl (C=O) groups is 2. The summed E-state index contributed by atoms with van der Waals surface area (Å²) in [7, 11) is 1.91. The van der Waals surface area contributed by atoms with E-state index in [1.165, 1.54) is 4.90 Å². The van der Waals surface area contributed by atoms with Crippen molar-refractivity contribution in [2.75, 3.05) is 13.7 Å². The molecule has 3 amide bonds. The number of fused-ring (bicyclic) bond motifs is 2. The first-order chi connectivity index (χ1) is 15.4. The van der Waals surface area contributed by atoms with Crippen LogP contribution in [0.2, 0.25) is 0 Å². The molecule has 6 nitrogen and oxygen atoms in total. The van der Waals surface area contributed by atoms with Gasteiger partial charge in [0.1, 0.15) is 10.5 Å². The van der Waals surface area contributed by atoms with Gasteiger partial charge in [-0.25, -0.2) is 14.7 Å². The molecular formula is C25H24N4O2S. The number of benzene rings is 3. The summed E-state index contributed by atoms with van der Waals surface area (Å²) >= 11 is 1.63. The van der Waals surface area contributed by atoms with Crippen molar-refractivity contribution in [1.82, 2.24) is 20.1 Å². The third kappa shape index (κ3) is 3.34. The van der Waals surface area contributed by atoms with Gasteiger partial charge in [-0.2, -0.15) is 0 Å². The molecule has 0 bridgehead atoms. The summed E-state index contributed by atoms with van der Waals surface area (Å²) in [6.45, 7) is 4.00. The first kappa shape index (κ1) is 20.6. The number of hydrogen-bond donors (Lipinski definition) is 1. The Morgan fingerprint density at radius 1 is 1.06 bits per heavy atom. The van der Waals surface area contributed by atoms with E-state index in [1.807, 2.05) is 79.5 Å². The Labute approximate surface area is 190 Å². The van der Waals surface area contributed by atoms with Crippen LogP contribution in [-0.2, 0) is 10.3 Å². The highest BCUT2D eigenvalue weighted by Crippen LogP contribution is 2.33. The summed E-state index contributed by atoms with van der Waals surface area (Å²) in [5, 5.41) is 6.00. The molecule has 0 unspecified atom stereocenters. The van der Waals surface area contributed by atoms with Gasteiger partial charge >= 0.3 is 6.03 Å². The van der Waals surface area contributed by atoms with E-state index in [-0.39, 0.29) is 24.6 Å². The average Bonchev–Trinajstić information content (AvgIpc) is 3.33. The number of carbonyl (C=O) groups excluding carboxylic acids is 2. The van der Waals surface area contributed by atoms with Crippen LogP contribution in [0.1, 0.15) is 30.5 Å². The van der Waals surface area contributed by atoms with Crippen molar-refractivity contribution < 1.29 is 9.59 Å². The van der Waals surface area contributed by atoms with Gasteiger partial charge in [0.15, 0.2) is 0 Å². The van der Waals surface area contributed by atoms with Crippen LogP contribution in [0.4, 0.5) is 4.79 Å². The largest absolute Gasteiger partial charge is 0.326 e. The van der Waals surface area contributed by atoms with Crippen LogP contribution in [-0.4, -0.2) is 40.4 Å². The Bertz CT molecular complexity index is 1320. The Balaban J connectivity index is 1.38. The Kier molecular flexibility index (Phi) is 4.95. The summed E-state index contributed by atoms with van der Waals surface area (Å²) < 4.78 is 1.13. The predicted molar refractivity (Wildman–Crippen MR) is 127 cm³/mol. The van der Waals surface area contributed by atoms with Gasteiger partial charge in [0.05, 0.1) is 22.9 Å². The van der Waals surface area contributed by atoms with Gasteiger partial charge in [0.25, 0.3) is 5.91 Å². The van der Waals surface area contributed by atoms with E-state index >= 15 is 0 Å². The van der Waals surface area contributed by atoms with Gasteiger partial charge in [0.2, 0.25) is 0 Å². The molecule has 1 saturated heterocycles. The summed E-state index contributed by atoms with van der Waals surface area (Å²) in [4.78, 5) is 34.2. The van der Waals surface area contributed by atoms with Crippen LogP contribution in [0, 0.1) is 0 Å². The number of rotatable bonds is 5. The molecule has 2 atom stereocenters. The molecule has 1 fully saturated rings. The number of thiazole rings is 1. The van der Waals surface area contributed by atoms with Crippen LogP contribution in [0.3, 0.4) is 0 Å². The number of nitrogens with one attached hydrogen (secondary N) is 1. The maximum atomic E-state index is 13.4. The van der Waals surface area contributed by atoms with E-state index in [1.54, 1.807) is 18.3 Å². The highest BCUT2D eigenvalue weighted by Gasteiger charge is 2.49. The SMILES string of the molecule is C[C@@H](c1nc2ccccc2s1)N(C)CN1C(=O)N[C@](C)(c2ccc3ccccc3c2)C1=O. The Morgan fingerprint density at radius 3 is 2.56 bits per heavy atom. The van der Waals surface area contributed by atoms with Gasteiger partial charge in [-0.15, -0.1) is 11.3 Å². The van der Waals surface area contributed by atoms with Crippen molar-refractivity contribution in [3.05, 3.63) is 77.3 Å². The fraction of sp³-hybridized carbons (Fsp3) is 0.240. The van der Waals surface area contributed by atoms with E-state index in [2.05, 4.69) is 11.4 Å². The number of para-hydroxylation sites is 1. The summed E-state index contributed by atoms with van der Waals surface area (Å²) in [6, 6.07) is 21.5. The van der Waals surface area contributed by atoms with Gasteiger partial charge in [-0.05, 0) is 55.4 Å². The van der Waals surface area contributed by atoms with Crippen molar-refractivity contribution in [2.45, 2.75) is 25.4 Å². The molecule has 3 aromatic carbocycles. The number of urea groups is 1. The van der Waals surface area contributed by atoms with E-state index in [4.69, 9.17) is 4.98 Å². The topological polar surface area (TPSA) is 65.5 Å². The molecule has 0 aliphatic carbocycles. The number of imide groups is 1. The van der Waals surface area contributed by atoms with Crippen LogP contribution in [0.5, 0.6) is 0 Å². The molecule has 1 aliphatic rings. The Morgan fingerprint density at radius 2 is 1.78 bits per heavy atom. The molecule has 2 heterocycles. The van der Waals surface area contributed by atoms with Gasteiger partial charge < -0.3 is 5.32 Å². The maximum Gasteiger partial charge on any atom is 0.326 e. The summed E-state index contributed by atoms with van der Waals surface area (Å²) in [6.07, 6.45) is 0. The van der Waals surface area contributed by atoms with Crippen molar-refractivity contribution in [3.8, 4) is 0 Å². The zero-order chi connectivity index (χ0) is 22.5. The molecule has 1 aliphatic heterocycles. The van der Waals surface area contributed by atoms with Crippen LogP contribution >= 0.6 is 11.3 Å². The lowest BCUT2D eigenvalue weighted by Gasteiger charge is -2.27. The normalized spacial score (nSPS) is 19.8. The minimum atomic E-state index is -1.10. The molecule has 4 aromatic rings. The molecule has 1 aromatic heterocycles. The van der Waals surface area contributed by atoms with Crippen LogP contribution in [0.15, 0.2) is 66.7 Å². The minimum Gasteiger partial charge on any atom is -0.319 e. The first-order valence-corrected chi connectivity index (χ1v) is 11.4. The average molecular weight is 445 g/mol. The zero-order valence-electron chi connectivity index (χ0n) is 18.2. The van der Waals surface area contributed by atoms with Crippen LogP contribution in [0.25, 0.3) is 21.0 Å². The zero-order valence-corrected chi connectivity index (χ0v) is 19.0. The van der Waals surface area contributed by atoms with Crippen molar-refractivity contribution in [3.63, 3.8) is 0 Å². The standard InChI is InChI=1S/C25H24N4O2S/c1-16(22-26-20-10-6-7-11-21(20)32-22)28(3)15-29-23(30)25(2,27-24(29)31)19-13-12-17-8-4-5-9-18(17)14-19/h4-14,16H,15H2,1-3H3,(H,27,31)/t16-,25+/m0/s1. The van der Waals surface area contributed by atoms with Crippen LogP contribution < -0.4 is 5.32 Å². The van der Waals surface area contributed by atoms with E-state index in [9.17, 15) is 9.59 Å². The highest BCUT2D eigenvalue weighted by molar-refractivity contribution is 7.18. The minimum absolute atomic E-state index is 0.0412. The lowest BCUT2D eigenvalue weighted by Crippen LogP contribution is -2.43. The molecule has 0 radical (unpaired) electrons.